The van der Waals surface area contributed by atoms with Gasteiger partial charge in [0.15, 0.2) is 0 Å². The topological polar surface area (TPSA) is 56.3 Å². The van der Waals surface area contributed by atoms with E-state index in [9.17, 15) is 0 Å². The largest absolute Gasteiger partial charge is 0.495 e. The average Bonchev–Trinajstić information content (AvgIpc) is 2.49. The molecule has 106 valence electrons. The first-order valence-electron chi connectivity index (χ1n) is 6.06. The second-order valence-electron chi connectivity index (χ2n) is 4.06. The lowest BCUT2D eigenvalue weighted by Crippen LogP contribution is -2.19. The van der Waals surface area contributed by atoms with Gasteiger partial charge in [0.25, 0.3) is 0 Å². The van der Waals surface area contributed by atoms with Gasteiger partial charge in [-0.2, -0.15) is 0 Å². The molecule has 0 aliphatic rings. The van der Waals surface area contributed by atoms with Crippen LogP contribution in [-0.2, 0) is 0 Å². The summed E-state index contributed by atoms with van der Waals surface area (Å²) in [6.07, 6.45) is 3.25. The zero-order valence-corrected chi connectivity index (χ0v) is 13.1. The van der Waals surface area contributed by atoms with Crippen LogP contribution < -0.4 is 14.8 Å². The van der Waals surface area contributed by atoms with E-state index in [0.29, 0.717) is 0 Å². The van der Waals surface area contributed by atoms with Gasteiger partial charge in [0.2, 0.25) is 0 Å². The highest BCUT2D eigenvalue weighted by Gasteiger charge is 2.21. The fraction of sp³-hybridized carbons (Fsp3) is 0.286. The highest BCUT2D eigenvalue weighted by Crippen LogP contribution is 2.40. The predicted octanol–water partition coefficient (Wildman–Crippen LogP) is 2.57. The Kier molecular flexibility index (Phi) is 4.92. The number of nitrogens with zero attached hydrogens (tertiary/aromatic N) is 2. The van der Waals surface area contributed by atoms with Crippen LogP contribution in [0.4, 0.5) is 0 Å². The van der Waals surface area contributed by atoms with Gasteiger partial charge in [0, 0.05) is 11.8 Å². The van der Waals surface area contributed by atoms with Gasteiger partial charge in [0.1, 0.15) is 22.3 Å². The van der Waals surface area contributed by atoms with E-state index in [4.69, 9.17) is 9.47 Å². The molecule has 0 spiro atoms. The summed E-state index contributed by atoms with van der Waals surface area (Å²) in [7, 11) is 5.14. The molecule has 2 aromatic rings. The summed E-state index contributed by atoms with van der Waals surface area (Å²) >= 11 is 3.51. The first kappa shape index (κ1) is 14.7. The maximum Gasteiger partial charge on any atom is 0.141 e. The molecule has 0 bridgehead atoms. The maximum atomic E-state index is 5.51. The van der Waals surface area contributed by atoms with Crippen molar-refractivity contribution in [2.45, 2.75) is 6.04 Å². The monoisotopic (exact) mass is 337 g/mol. The van der Waals surface area contributed by atoms with Gasteiger partial charge < -0.3 is 14.8 Å². The first-order valence-corrected chi connectivity index (χ1v) is 6.85. The summed E-state index contributed by atoms with van der Waals surface area (Å²) in [5.74, 6) is 1.45. The van der Waals surface area contributed by atoms with E-state index in [1.807, 2.05) is 25.2 Å². The minimum Gasteiger partial charge on any atom is -0.495 e. The van der Waals surface area contributed by atoms with Gasteiger partial charge in [-0.05, 0) is 41.2 Å². The minimum atomic E-state index is -0.0878. The third kappa shape index (κ3) is 2.76. The Labute approximate surface area is 126 Å². The van der Waals surface area contributed by atoms with E-state index in [1.54, 1.807) is 20.4 Å². The number of aromatic nitrogens is 2. The number of rotatable bonds is 5. The lowest BCUT2D eigenvalue weighted by Gasteiger charge is -2.20. The van der Waals surface area contributed by atoms with E-state index in [0.717, 1.165) is 27.2 Å². The second kappa shape index (κ2) is 6.67. The fourth-order valence-electron chi connectivity index (χ4n) is 2.08. The highest BCUT2D eigenvalue weighted by atomic mass is 79.9. The van der Waals surface area contributed by atoms with E-state index in [-0.39, 0.29) is 6.04 Å². The fourth-order valence-corrected chi connectivity index (χ4v) is 2.76. The lowest BCUT2D eigenvalue weighted by molar-refractivity contribution is 0.383. The van der Waals surface area contributed by atoms with Crippen LogP contribution in [0, 0.1) is 0 Å². The molecule has 1 heterocycles. The summed E-state index contributed by atoms with van der Waals surface area (Å²) in [6, 6.07) is 5.65. The SMILES string of the molecule is CNC(c1ccncn1)c1ccc(OC)c(Br)c1OC. The number of halogens is 1. The second-order valence-corrected chi connectivity index (χ2v) is 4.85. The molecule has 1 aromatic carbocycles. The Hall–Kier alpha value is -1.66. The van der Waals surface area contributed by atoms with Crippen molar-refractivity contribution in [2.75, 3.05) is 21.3 Å². The maximum absolute atomic E-state index is 5.51. The van der Waals surface area contributed by atoms with Crippen molar-refractivity contribution in [3.05, 3.63) is 46.5 Å². The van der Waals surface area contributed by atoms with Crippen LogP contribution in [-0.4, -0.2) is 31.2 Å². The van der Waals surface area contributed by atoms with E-state index >= 15 is 0 Å². The lowest BCUT2D eigenvalue weighted by atomic mass is 10.0. The third-order valence-electron chi connectivity index (χ3n) is 3.02. The molecule has 1 aromatic heterocycles. The molecule has 20 heavy (non-hydrogen) atoms. The molecular formula is C14H16BrN3O2. The molecular weight excluding hydrogens is 322 g/mol. The van der Waals surface area contributed by atoms with Crippen LogP contribution in [0.2, 0.25) is 0 Å². The van der Waals surface area contributed by atoms with Crippen molar-refractivity contribution in [3.63, 3.8) is 0 Å². The standard InChI is InChI=1S/C14H16BrN3O2/c1-16-13(10-6-7-17-8-18-10)9-4-5-11(19-2)12(15)14(9)20-3/h4-8,13,16H,1-3H3. The van der Waals surface area contributed by atoms with Crippen LogP contribution in [0.5, 0.6) is 11.5 Å². The molecule has 2 rings (SSSR count). The number of methoxy groups -OCH3 is 2. The molecule has 0 aliphatic heterocycles. The number of nitrogens with one attached hydrogen (secondary N) is 1. The van der Waals surface area contributed by atoms with Gasteiger partial charge in [-0.25, -0.2) is 9.97 Å². The van der Waals surface area contributed by atoms with Gasteiger partial charge in [-0.15, -0.1) is 0 Å². The van der Waals surface area contributed by atoms with Gasteiger partial charge in [0.05, 0.1) is 26.0 Å². The van der Waals surface area contributed by atoms with Gasteiger partial charge in [-0.1, -0.05) is 0 Å². The average molecular weight is 338 g/mol. The van der Waals surface area contributed by atoms with Crippen molar-refractivity contribution in [1.82, 2.24) is 15.3 Å². The summed E-state index contributed by atoms with van der Waals surface area (Å²) in [5.41, 5.74) is 1.85. The van der Waals surface area contributed by atoms with Crippen LogP contribution in [0.1, 0.15) is 17.3 Å². The van der Waals surface area contributed by atoms with Crippen molar-refractivity contribution in [3.8, 4) is 11.5 Å². The van der Waals surface area contributed by atoms with Crippen LogP contribution >= 0.6 is 15.9 Å². The van der Waals surface area contributed by atoms with E-state index < -0.39 is 0 Å². The number of ether oxygens (including phenoxy) is 2. The molecule has 0 radical (unpaired) electrons. The predicted molar refractivity (Wildman–Crippen MR) is 80.2 cm³/mol. The molecule has 0 aliphatic carbocycles. The van der Waals surface area contributed by atoms with Crippen molar-refractivity contribution in [2.24, 2.45) is 0 Å². The van der Waals surface area contributed by atoms with Gasteiger partial charge >= 0.3 is 0 Å². The Bertz CT molecular complexity index is 578. The molecule has 1 unspecified atom stereocenters. The van der Waals surface area contributed by atoms with Crippen LogP contribution in [0.25, 0.3) is 0 Å². The van der Waals surface area contributed by atoms with Crippen molar-refractivity contribution < 1.29 is 9.47 Å². The summed E-state index contributed by atoms with van der Waals surface area (Å²) in [5, 5.41) is 3.24. The molecule has 0 fully saturated rings. The highest BCUT2D eigenvalue weighted by molar-refractivity contribution is 9.10. The van der Waals surface area contributed by atoms with Crippen LogP contribution in [0.3, 0.4) is 0 Å². The molecule has 6 heteroatoms. The molecule has 1 atom stereocenters. The summed E-state index contributed by atoms with van der Waals surface area (Å²) < 4.78 is 11.6. The Morgan fingerprint density at radius 2 is 2.00 bits per heavy atom. The smallest absolute Gasteiger partial charge is 0.141 e. The Morgan fingerprint density at radius 3 is 2.55 bits per heavy atom. The Morgan fingerprint density at radius 1 is 1.20 bits per heavy atom. The number of hydrogen-bond acceptors (Lipinski definition) is 5. The van der Waals surface area contributed by atoms with Crippen molar-refractivity contribution >= 4 is 15.9 Å². The summed E-state index contributed by atoms with van der Waals surface area (Å²) in [4.78, 5) is 8.24. The van der Waals surface area contributed by atoms with Gasteiger partial charge in [-0.3, -0.25) is 0 Å². The molecule has 0 saturated carbocycles. The third-order valence-corrected chi connectivity index (χ3v) is 3.77. The van der Waals surface area contributed by atoms with Crippen molar-refractivity contribution in [1.29, 1.82) is 0 Å². The molecule has 0 saturated heterocycles. The van der Waals surface area contributed by atoms with E-state index in [1.165, 1.54) is 6.33 Å². The molecule has 5 nitrogen and oxygen atoms in total. The summed E-state index contributed by atoms with van der Waals surface area (Å²) in [6.45, 7) is 0. The van der Waals surface area contributed by atoms with Crippen LogP contribution in [0.15, 0.2) is 35.2 Å². The molecule has 1 N–H and O–H groups in total. The number of hydrogen-bond donors (Lipinski definition) is 1. The zero-order chi connectivity index (χ0) is 14.5. The van der Waals surface area contributed by atoms with E-state index in [2.05, 4.69) is 31.2 Å². The normalized spacial score (nSPS) is 12.0. The first-order chi connectivity index (χ1) is 9.72. The minimum absolute atomic E-state index is 0.0878. The Balaban J connectivity index is 2.53. The molecule has 0 amide bonds. The number of benzene rings is 1. The quantitative estimate of drug-likeness (QED) is 0.908. The zero-order valence-electron chi connectivity index (χ0n) is 11.6.